The van der Waals surface area contributed by atoms with Gasteiger partial charge in [0, 0.05) is 5.39 Å². The van der Waals surface area contributed by atoms with Gasteiger partial charge in [-0.25, -0.2) is 0 Å². The highest BCUT2D eigenvalue weighted by Gasteiger charge is 2.09. The van der Waals surface area contributed by atoms with Crippen LogP contribution in [0.2, 0.25) is 0 Å². The number of fused-ring (bicyclic) bond motifs is 1. The van der Waals surface area contributed by atoms with E-state index in [4.69, 9.17) is 20.2 Å². The van der Waals surface area contributed by atoms with Crippen LogP contribution in [-0.2, 0) is 0 Å². The molecule has 1 aromatic carbocycles. The van der Waals surface area contributed by atoms with Gasteiger partial charge in [-0.15, -0.1) is 0 Å². The average Bonchev–Trinajstić information content (AvgIpc) is 2.88. The third-order valence-electron chi connectivity index (χ3n) is 2.32. The molecule has 0 fully saturated rings. The van der Waals surface area contributed by atoms with Crippen molar-refractivity contribution < 1.29 is 4.42 Å². The van der Waals surface area contributed by atoms with Crippen LogP contribution in [0.4, 0.5) is 5.69 Å². The van der Waals surface area contributed by atoms with Gasteiger partial charge in [0.15, 0.2) is 11.2 Å². The lowest BCUT2D eigenvalue weighted by Gasteiger charge is -2.04. The van der Waals surface area contributed by atoms with Crippen molar-refractivity contribution in [1.29, 1.82) is 15.8 Å². The molecule has 1 N–H and O–H groups in total. The lowest BCUT2D eigenvalue weighted by atomic mass is 10.2. The van der Waals surface area contributed by atoms with Gasteiger partial charge >= 0.3 is 0 Å². The Balaban J connectivity index is 2.50. The summed E-state index contributed by atoms with van der Waals surface area (Å²) in [6.07, 6.45) is 1.53. The third-order valence-corrected chi connectivity index (χ3v) is 2.32. The SMILES string of the molecule is N#CC(C#N)=C(C#N)Nc1cccc2ccoc12. The second-order valence-electron chi connectivity index (χ2n) is 3.35. The Morgan fingerprint density at radius 3 is 2.50 bits per heavy atom. The van der Waals surface area contributed by atoms with Gasteiger partial charge in [0.25, 0.3) is 0 Å². The molecule has 5 nitrogen and oxygen atoms in total. The molecule has 84 valence electrons. The predicted octanol–water partition coefficient (Wildman–Crippen LogP) is 2.67. The Hall–Kier alpha value is -3.23. The molecule has 0 saturated carbocycles. The molecule has 2 rings (SSSR count). The molecule has 0 aliphatic carbocycles. The fourth-order valence-electron chi connectivity index (χ4n) is 1.51. The first-order chi connectivity index (χ1) is 8.80. The Morgan fingerprint density at radius 2 is 1.83 bits per heavy atom. The zero-order chi connectivity index (χ0) is 13.0. The number of hydrogen-bond donors (Lipinski definition) is 1. The maximum Gasteiger partial charge on any atom is 0.163 e. The van der Waals surface area contributed by atoms with Crippen LogP contribution < -0.4 is 5.32 Å². The summed E-state index contributed by atoms with van der Waals surface area (Å²) in [5, 5.41) is 30.0. The highest BCUT2D eigenvalue weighted by Crippen LogP contribution is 2.25. The van der Waals surface area contributed by atoms with Crippen molar-refractivity contribution >= 4 is 16.7 Å². The van der Waals surface area contributed by atoms with Crippen LogP contribution >= 0.6 is 0 Å². The van der Waals surface area contributed by atoms with E-state index in [-0.39, 0.29) is 11.3 Å². The molecule has 1 aromatic heterocycles. The van der Waals surface area contributed by atoms with Crippen molar-refractivity contribution in [1.82, 2.24) is 0 Å². The molecule has 2 aromatic rings. The van der Waals surface area contributed by atoms with Gasteiger partial charge in [0.1, 0.15) is 23.9 Å². The molecule has 0 radical (unpaired) electrons. The molecule has 0 spiro atoms. The second kappa shape index (κ2) is 4.74. The van der Waals surface area contributed by atoms with Crippen molar-refractivity contribution in [3.8, 4) is 18.2 Å². The number of anilines is 1. The van der Waals surface area contributed by atoms with Crippen molar-refractivity contribution in [2.75, 3.05) is 5.32 Å². The number of furan rings is 1. The molecule has 18 heavy (non-hydrogen) atoms. The molecular weight excluding hydrogens is 228 g/mol. The van der Waals surface area contributed by atoms with E-state index in [1.165, 1.54) is 6.26 Å². The fourth-order valence-corrected chi connectivity index (χ4v) is 1.51. The molecule has 0 aliphatic heterocycles. The Kier molecular flexibility index (Phi) is 2.96. The fraction of sp³-hybridized carbons (Fsp3) is 0. The van der Waals surface area contributed by atoms with Crippen LogP contribution in [0, 0.1) is 34.0 Å². The first-order valence-electron chi connectivity index (χ1n) is 4.98. The summed E-state index contributed by atoms with van der Waals surface area (Å²) in [6.45, 7) is 0. The Labute approximate surface area is 103 Å². The van der Waals surface area contributed by atoms with Crippen LogP contribution in [0.25, 0.3) is 11.0 Å². The van der Waals surface area contributed by atoms with Crippen LogP contribution in [0.5, 0.6) is 0 Å². The van der Waals surface area contributed by atoms with Crippen LogP contribution in [0.1, 0.15) is 0 Å². The number of benzene rings is 1. The van der Waals surface area contributed by atoms with E-state index >= 15 is 0 Å². The number of nitrogens with zero attached hydrogens (tertiary/aromatic N) is 3. The lowest BCUT2D eigenvalue weighted by Crippen LogP contribution is -2.00. The average molecular weight is 234 g/mol. The number of nitriles is 3. The number of nitrogens with one attached hydrogen (secondary N) is 1. The molecule has 0 atom stereocenters. The first kappa shape index (κ1) is 11.3. The normalized spacial score (nSPS) is 8.94. The summed E-state index contributed by atoms with van der Waals surface area (Å²) in [7, 11) is 0. The van der Waals surface area contributed by atoms with E-state index in [0.29, 0.717) is 11.3 Å². The predicted molar refractivity (Wildman–Crippen MR) is 63.7 cm³/mol. The summed E-state index contributed by atoms with van der Waals surface area (Å²) in [5.74, 6) is 0. The Bertz CT molecular complexity index is 734. The number of allylic oxidation sites excluding steroid dienone is 2. The standard InChI is InChI=1S/C13H6N4O/c14-6-10(7-15)12(8-16)17-11-3-1-2-9-4-5-18-13(9)11/h1-5,17H. The van der Waals surface area contributed by atoms with Gasteiger partial charge in [-0.2, -0.15) is 15.8 Å². The minimum Gasteiger partial charge on any atom is -0.462 e. The smallest absolute Gasteiger partial charge is 0.163 e. The van der Waals surface area contributed by atoms with E-state index < -0.39 is 0 Å². The first-order valence-corrected chi connectivity index (χ1v) is 4.98. The van der Waals surface area contributed by atoms with Gasteiger partial charge in [-0.05, 0) is 12.1 Å². The maximum atomic E-state index is 8.94. The molecule has 0 unspecified atom stereocenters. The van der Waals surface area contributed by atoms with Crippen LogP contribution in [0.15, 0.2) is 46.2 Å². The van der Waals surface area contributed by atoms with E-state index in [9.17, 15) is 0 Å². The zero-order valence-corrected chi connectivity index (χ0v) is 9.14. The second-order valence-corrected chi connectivity index (χ2v) is 3.35. The molecule has 5 heteroatoms. The van der Waals surface area contributed by atoms with Gasteiger partial charge in [0.05, 0.1) is 12.0 Å². The quantitative estimate of drug-likeness (QED) is 0.805. The third kappa shape index (κ3) is 1.87. The van der Waals surface area contributed by atoms with Gasteiger partial charge < -0.3 is 9.73 Å². The van der Waals surface area contributed by atoms with Crippen molar-refractivity contribution in [2.45, 2.75) is 0 Å². The number of hydrogen-bond acceptors (Lipinski definition) is 5. The van der Waals surface area contributed by atoms with Crippen molar-refractivity contribution in [3.63, 3.8) is 0 Å². The molecule has 0 aliphatic rings. The van der Waals surface area contributed by atoms with Crippen molar-refractivity contribution in [2.24, 2.45) is 0 Å². The Morgan fingerprint density at radius 1 is 1.06 bits per heavy atom. The van der Waals surface area contributed by atoms with Gasteiger partial charge in [-0.1, -0.05) is 12.1 Å². The minimum atomic E-state index is -0.263. The summed E-state index contributed by atoms with van der Waals surface area (Å²) >= 11 is 0. The largest absolute Gasteiger partial charge is 0.462 e. The lowest BCUT2D eigenvalue weighted by molar-refractivity contribution is 0.617. The van der Waals surface area contributed by atoms with Crippen LogP contribution in [-0.4, -0.2) is 0 Å². The monoisotopic (exact) mass is 234 g/mol. The van der Waals surface area contributed by atoms with E-state index in [2.05, 4.69) is 5.32 Å². The minimum absolute atomic E-state index is 0.0936. The number of para-hydroxylation sites is 1. The highest BCUT2D eigenvalue weighted by atomic mass is 16.3. The summed E-state index contributed by atoms with van der Waals surface area (Å²) < 4.78 is 5.28. The molecule has 0 amide bonds. The zero-order valence-electron chi connectivity index (χ0n) is 9.14. The molecule has 1 heterocycles. The summed E-state index contributed by atoms with van der Waals surface area (Å²) in [5.41, 5.74) is 0.752. The van der Waals surface area contributed by atoms with Crippen molar-refractivity contribution in [3.05, 3.63) is 41.8 Å². The summed E-state index contributed by atoms with van der Waals surface area (Å²) in [4.78, 5) is 0. The number of rotatable bonds is 2. The molecular formula is C13H6N4O. The topological polar surface area (TPSA) is 96.5 Å². The molecule has 0 bridgehead atoms. The van der Waals surface area contributed by atoms with Gasteiger partial charge in [0.2, 0.25) is 0 Å². The molecule has 0 saturated heterocycles. The van der Waals surface area contributed by atoms with E-state index in [0.717, 1.165) is 5.39 Å². The van der Waals surface area contributed by atoms with Gasteiger partial charge in [-0.3, -0.25) is 0 Å². The highest BCUT2D eigenvalue weighted by molar-refractivity contribution is 5.90. The van der Waals surface area contributed by atoms with Crippen LogP contribution in [0.3, 0.4) is 0 Å². The summed E-state index contributed by atoms with van der Waals surface area (Å²) in [6, 6.07) is 12.3. The van der Waals surface area contributed by atoms with E-state index in [1.807, 2.05) is 6.07 Å². The van der Waals surface area contributed by atoms with E-state index in [1.54, 1.807) is 36.4 Å². The maximum absolute atomic E-state index is 8.94.